The normalized spacial score (nSPS) is 12.5. The van der Waals surface area contributed by atoms with Crippen molar-refractivity contribution in [3.63, 3.8) is 0 Å². The minimum atomic E-state index is -1.02. The molecule has 0 fully saturated rings. The van der Waals surface area contributed by atoms with Crippen molar-refractivity contribution in [1.82, 2.24) is 9.97 Å². The van der Waals surface area contributed by atoms with Crippen LogP contribution in [0.4, 0.5) is 0 Å². The van der Waals surface area contributed by atoms with E-state index in [0.29, 0.717) is 5.69 Å². The van der Waals surface area contributed by atoms with Crippen LogP contribution in [0.15, 0.2) is 6.20 Å². The van der Waals surface area contributed by atoms with Crippen LogP contribution in [0.25, 0.3) is 0 Å². The Morgan fingerprint density at radius 1 is 1.71 bits per heavy atom. The fourth-order valence-corrected chi connectivity index (χ4v) is 1.25. The molecule has 1 atom stereocenters. The Bertz CT molecular complexity index is 355. The summed E-state index contributed by atoms with van der Waals surface area (Å²) in [6, 6.07) is 0. The Morgan fingerprint density at radius 2 is 2.36 bits per heavy atom. The molecule has 1 unspecified atom stereocenters. The second-order valence-corrected chi connectivity index (χ2v) is 3.39. The van der Waals surface area contributed by atoms with Crippen molar-refractivity contribution in [2.75, 3.05) is 0 Å². The first-order valence-corrected chi connectivity index (χ1v) is 4.69. The van der Waals surface area contributed by atoms with Gasteiger partial charge >= 0.3 is 5.97 Å². The molecule has 1 heterocycles. The molecule has 0 aliphatic heterocycles. The zero-order valence-electron chi connectivity index (χ0n) is 7.99. The summed E-state index contributed by atoms with van der Waals surface area (Å²) in [5, 5.41) is 8.97. The van der Waals surface area contributed by atoms with Crippen LogP contribution in [-0.4, -0.2) is 21.0 Å². The highest BCUT2D eigenvalue weighted by Crippen LogP contribution is 2.21. The quantitative estimate of drug-likeness (QED) is 0.785. The number of halogens is 1. The summed E-state index contributed by atoms with van der Waals surface area (Å²) in [6.45, 7) is 3.87. The van der Waals surface area contributed by atoms with Crippen LogP contribution >= 0.6 is 11.6 Å². The molecule has 0 amide bonds. The molecule has 0 radical (unpaired) electrons. The molecule has 1 N–H and O–H groups in total. The second kappa shape index (κ2) is 4.37. The van der Waals surface area contributed by atoms with Gasteiger partial charge in [0.15, 0.2) is 0 Å². The summed E-state index contributed by atoms with van der Waals surface area (Å²) in [4.78, 5) is 18.4. The number of nitrogens with zero attached hydrogens (tertiary/aromatic N) is 2. The van der Waals surface area contributed by atoms with E-state index in [1.54, 1.807) is 0 Å². The van der Waals surface area contributed by atoms with E-state index in [9.17, 15) is 4.79 Å². The lowest BCUT2D eigenvalue weighted by atomic mass is 10.0. The molecular weight excluding hydrogens is 204 g/mol. The molecule has 14 heavy (non-hydrogen) atoms. The van der Waals surface area contributed by atoms with E-state index in [0.717, 1.165) is 6.42 Å². The van der Waals surface area contributed by atoms with Gasteiger partial charge in [-0.25, -0.2) is 14.8 Å². The molecule has 0 aliphatic carbocycles. The van der Waals surface area contributed by atoms with Gasteiger partial charge in [-0.1, -0.05) is 13.8 Å². The molecule has 0 saturated carbocycles. The summed E-state index contributed by atoms with van der Waals surface area (Å²) >= 11 is 5.61. The molecule has 0 saturated heterocycles. The van der Waals surface area contributed by atoms with Crippen molar-refractivity contribution in [3.05, 3.63) is 22.7 Å². The van der Waals surface area contributed by atoms with E-state index < -0.39 is 5.97 Å². The maximum Gasteiger partial charge on any atom is 0.339 e. The lowest BCUT2D eigenvalue weighted by Crippen LogP contribution is -2.08. The SMILES string of the molecule is CCC(C)c1nc(Cl)ncc1C(=O)O. The zero-order chi connectivity index (χ0) is 10.7. The van der Waals surface area contributed by atoms with Crippen molar-refractivity contribution < 1.29 is 9.90 Å². The van der Waals surface area contributed by atoms with Crippen molar-refractivity contribution in [2.45, 2.75) is 26.2 Å². The maximum atomic E-state index is 10.8. The molecular formula is C9H11ClN2O2. The monoisotopic (exact) mass is 214 g/mol. The van der Waals surface area contributed by atoms with E-state index in [1.165, 1.54) is 6.20 Å². The average Bonchev–Trinajstić information content (AvgIpc) is 2.16. The van der Waals surface area contributed by atoms with Crippen LogP contribution in [0.3, 0.4) is 0 Å². The van der Waals surface area contributed by atoms with Gasteiger partial charge in [0.05, 0.1) is 11.3 Å². The van der Waals surface area contributed by atoms with Gasteiger partial charge < -0.3 is 5.11 Å². The van der Waals surface area contributed by atoms with Crippen molar-refractivity contribution in [2.24, 2.45) is 0 Å². The molecule has 0 aromatic carbocycles. The molecule has 4 nitrogen and oxygen atoms in total. The second-order valence-electron chi connectivity index (χ2n) is 3.05. The Hall–Kier alpha value is -1.16. The van der Waals surface area contributed by atoms with Crippen LogP contribution in [0.2, 0.25) is 5.28 Å². The Morgan fingerprint density at radius 3 is 2.86 bits per heavy atom. The van der Waals surface area contributed by atoms with Gasteiger partial charge in [0, 0.05) is 6.20 Å². The van der Waals surface area contributed by atoms with Gasteiger partial charge in [-0.2, -0.15) is 0 Å². The van der Waals surface area contributed by atoms with Crippen LogP contribution in [0.1, 0.15) is 42.2 Å². The average molecular weight is 215 g/mol. The first kappa shape index (κ1) is 10.9. The number of rotatable bonds is 3. The highest BCUT2D eigenvalue weighted by Gasteiger charge is 2.17. The predicted octanol–water partition coefficient (Wildman–Crippen LogP) is 2.34. The number of hydrogen-bond donors (Lipinski definition) is 1. The molecule has 0 bridgehead atoms. The Kier molecular flexibility index (Phi) is 3.41. The van der Waals surface area contributed by atoms with Gasteiger partial charge in [0.2, 0.25) is 5.28 Å². The van der Waals surface area contributed by atoms with Gasteiger partial charge in [0.25, 0.3) is 0 Å². The van der Waals surface area contributed by atoms with Crippen LogP contribution in [0.5, 0.6) is 0 Å². The lowest BCUT2D eigenvalue weighted by molar-refractivity contribution is 0.0694. The lowest BCUT2D eigenvalue weighted by Gasteiger charge is -2.10. The smallest absolute Gasteiger partial charge is 0.339 e. The number of carboxylic acids is 1. The van der Waals surface area contributed by atoms with Crippen LogP contribution in [0, 0.1) is 0 Å². The largest absolute Gasteiger partial charge is 0.478 e. The number of carboxylic acid groups (broad SMARTS) is 1. The van der Waals surface area contributed by atoms with Gasteiger partial charge in [0.1, 0.15) is 0 Å². The summed E-state index contributed by atoms with van der Waals surface area (Å²) in [5.41, 5.74) is 0.628. The topological polar surface area (TPSA) is 63.1 Å². The molecule has 1 rings (SSSR count). The van der Waals surface area contributed by atoms with E-state index >= 15 is 0 Å². The molecule has 5 heteroatoms. The number of aromatic nitrogens is 2. The van der Waals surface area contributed by atoms with Gasteiger partial charge in [-0.05, 0) is 23.9 Å². The van der Waals surface area contributed by atoms with Gasteiger partial charge in [-0.3, -0.25) is 0 Å². The van der Waals surface area contributed by atoms with E-state index in [2.05, 4.69) is 9.97 Å². The first-order chi connectivity index (χ1) is 6.56. The number of aromatic carboxylic acids is 1. The third kappa shape index (κ3) is 2.20. The third-order valence-corrected chi connectivity index (χ3v) is 2.28. The summed E-state index contributed by atoms with van der Waals surface area (Å²) < 4.78 is 0. The van der Waals surface area contributed by atoms with Crippen molar-refractivity contribution >= 4 is 17.6 Å². The third-order valence-electron chi connectivity index (χ3n) is 2.10. The van der Waals surface area contributed by atoms with E-state index in [-0.39, 0.29) is 16.8 Å². The Labute approximate surface area is 87.0 Å². The van der Waals surface area contributed by atoms with Crippen LogP contribution in [-0.2, 0) is 0 Å². The maximum absolute atomic E-state index is 10.8. The van der Waals surface area contributed by atoms with E-state index in [4.69, 9.17) is 16.7 Å². The first-order valence-electron chi connectivity index (χ1n) is 4.32. The fraction of sp³-hybridized carbons (Fsp3) is 0.444. The van der Waals surface area contributed by atoms with Gasteiger partial charge in [-0.15, -0.1) is 0 Å². The highest BCUT2D eigenvalue weighted by atomic mass is 35.5. The summed E-state index contributed by atoms with van der Waals surface area (Å²) in [7, 11) is 0. The summed E-state index contributed by atoms with van der Waals surface area (Å²) in [6.07, 6.45) is 2.06. The molecule has 76 valence electrons. The Balaban J connectivity index is 3.22. The number of carbonyl (C=O) groups is 1. The van der Waals surface area contributed by atoms with Crippen molar-refractivity contribution in [3.8, 4) is 0 Å². The standard InChI is InChI=1S/C9H11ClN2O2/c1-3-5(2)7-6(8(13)14)4-11-9(10)12-7/h4-5H,3H2,1-2H3,(H,13,14). The molecule has 0 spiro atoms. The van der Waals surface area contributed by atoms with Crippen molar-refractivity contribution in [1.29, 1.82) is 0 Å². The molecule has 1 aromatic heterocycles. The number of hydrogen-bond acceptors (Lipinski definition) is 3. The minimum Gasteiger partial charge on any atom is -0.478 e. The van der Waals surface area contributed by atoms with Crippen LogP contribution < -0.4 is 0 Å². The fourth-order valence-electron chi connectivity index (χ4n) is 1.11. The predicted molar refractivity (Wildman–Crippen MR) is 52.7 cm³/mol. The highest BCUT2D eigenvalue weighted by molar-refractivity contribution is 6.28. The minimum absolute atomic E-state index is 0.0709. The molecule has 1 aromatic rings. The molecule has 0 aliphatic rings. The zero-order valence-corrected chi connectivity index (χ0v) is 8.75. The summed E-state index contributed by atoms with van der Waals surface area (Å²) in [5.74, 6) is -0.946. The van der Waals surface area contributed by atoms with E-state index in [1.807, 2.05) is 13.8 Å².